The molecule has 0 saturated carbocycles. The van der Waals surface area contributed by atoms with Gasteiger partial charge >= 0.3 is 0 Å². The highest BCUT2D eigenvalue weighted by atomic mass is 32.2. The summed E-state index contributed by atoms with van der Waals surface area (Å²) in [5.74, 6) is 0.352. The van der Waals surface area contributed by atoms with Crippen molar-refractivity contribution in [3.05, 3.63) is 18.2 Å². The average molecular weight is 284 g/mol. The number of hydrogen-bond acceptors (Lipinski definition) is 4. The summed E-state index contributed by atoms with van der Waals surface area (Å²) in [7, 11) is -3.54. The highest BCUT2D eigenvalue weighted by molar-refractivity contribution is 7.89. The predicted molar refractivity (Wildman–Crippen MR) is 70.8 cm³/mol. The van der Waals surface area contributed by atoms with Gasteiger partial charge in [-0.2, -0.15) is 0 Å². The molecule has 2 rings (SSSR count). The van der Waals surface area contributed by atoms with Gasteiger partial charge in [0.1, 0.15) is 5.75 Å². The van der Waals surface area contributed by atoms with Crippen molar-refractivity contribution in [3.8, 4) is 5.75 Å². The normalized spacial score (nSPS) is 15.1. The first kappa shape index (κ1) is 13.8. The lowest BCUT2D eigenvalue weighted by molar-refractivity contribution is -0.121. The second kappa shape index (κ2) is 5.18. The van der Waals surface area contributed by atoms with E-state index in [2.05, 4.69) is 4.72 Å². The number of fused-ring (bicyclic) bond motifs is 1. The van der Waals surface area contributed by atoms with Gasteiger partial charge in [-0.25, -0.2) is 13.1 Å². The van der Waals surface area contributed by atoms with Crippen molar-refractivity contribution in [2.75, 3.05) is 24.6 Å². The van der Waals surface area contributed by atoms with Gasteiger partial charge in [0.25, 0.3) is 5.91 Å². The quantitative estimate of drug-likeness (QED) is 0.884. The Labute approximate surface area is 112 Å². The molecule has 0 atom stereocenters. The summed E-state index contributed by atoms with van der Waals surface area (Å²) in [4.78, 5) is 13.4. The van der Waals surface area contributed by atoms with Crippen LogP contribution in [-0.2, 0) is 14.8 Å². The number of nitrogens with zero attached hydrogens (tertiary/aromatic N) is 1. The third kappa shape index (κ3) is 2.57. The van der Waals surface area contributed by atoms with Gasteiger partial charge in [-0.3, -0.25) is 4.79 Å². The van der Waals surface area contributed by atoms with E-state index >= 15 is 0 Å². The van der Waals surface area contributed by atoms with Gasteiger partial charge in [-0.05, 0) is 25.1 Å². The van der Waals surface area contributed by atoms with Crippen molar-refractivity contribution in [1.29, 1.82) is 0 Å². The molecule has 0 bridgehead atoms. The third-order valence-electron chi connectivity index (χ3n) is 2.83. The van der Waals surface area contributed by atoms with Gasteiger partial charge in [-0.15, -0.1) is 0 Å². The fraction of sp³-hybridized carbons (Fsp3) is 0.417. The van der Waals surface area contributed by atoms with Crippen LogP contribution in [0.4, 0.5) is 5.69 Å². The summed E-state index contributed by atoms with van der Waals surface area (Å²) >= 11 is 0. The predicted octanol–water partition coefficient (Wildman–Crippen LogP) is 0.730. The van der Waals surface area contributed by atoms with Crippen molar-refractivity contribution in [1.82, 2.24) is 4.72 Å². The van der Waals surface area contributed by atoms with Gasteiger partial charge in [0.05, 0.1) is 10.6 Å². The molecule has 0 aromatic heterocycles. The van der Waals surface area contributed by atoms with E-state index in [1.54, 1.807) is 13.0 Å². The van der Waals surface area contributed by atoms with E-state index in [0.29, 0.717) is 24.5 Å². The molecule has 1 aliphatic rings. The molecule has 1 amide bonds. The van der Waals surface area contributed by atoms with Crippen molar-refractivity contribution in [2.45, 2.75) is 18.7 Å². The molecule has 19 heavy (non-hydrogen) atoms. The van der Waals surface area contributed by atoms with Gasteiger partial charge in [0.2, 0.25) is 10.0 Å². The molecule has 1 N–H and O–H groups in total. The van der Waals surface area contributed by atoms with Crippen LogP contribution in [0.3, 0.4) is 0 Å². The topological polar surface area (TPSA) is 75.7 Å². The van der Waals surface area contributed by atoms with Crippen molar-refractivity contribution in [3.63, 3.8) is 0 Å². The Hall–Kier alpha value is -1.60. The zero-order chi connectivity index (χ0) is 14.0. The van der Waals surface area contributed by atoms with Crippen LogP contribution >= 0.6 is 0 Å². The number of benzene rings is 1. The lowest BCUT2D eigenvalue weighted by atomic mass is 10.2. The number of carbonyl (C=O) groups is 1. The summed E-state index contributed by atoms with van der Waals surface area (Å²) in [5.41, 5.74) is 0.498. The minimum Gasteiger partial charge on any atom is -0.482 e. The molecule has 0 radical (unpaired) electrons. The van der Waals surface area contributed by atoms with Crippen LogP contribution in [0.25, 0.3) is 0 Å². The van der Waals surface area contributed by atoms with Gasteiger partial charge in [-0.1, -0.05) is 6.92 Å². The molecule has 6 nitrogen and oxygen atoms in total. The van der Waals surface area contributed by atoms with Gasteiger partial charge in [0.15, 0.2) is 6.61 Å². The van der Waals surface area contributed by atoms with Gasteiger partial charge in [0, 0.05) is 13.1 Å². The van der Waals surface area contributed by atoms with Crippen LogP contribution < -0.4 is 14.4 Å². The highest BCUT2D eigenvalue weighted by Gasteiger charge is 2.26. The molecule has 0 saturated heterocycles. The second-order valence-corrected chi connectivity index (χ2v) is 5.82. The molecular formula is C12H16N2O4S. The first-order chi connectivity index (χ1) is 8.99. The minimum atomic E-state index is -3.54. The molecule has 0 spiro atoms. The Kier molecular flexibility index (Phi) is 3.77. The van der Waals surface area contributed by atoms with E-state index in [0.717, 1.165) is 0 Å². The largest absolute Gasteiger partial charge is 0.482 e. The maximum absolute atomic E-state index is 11.9. The van der Waals surface area contributed by atoms with Crippen LogP contribution in [0, 0.1) is 0 Å². The van der Waals surface area contributed by atoms with E-state index < -0.39 is 10.0 Å². The molecule has 7 heteroatoms. The summed E-state index contributed by atoms with van der Waals surface area (Å²) in [6, 6.07) is 4.52. The number of nitrogens with one attached hydrogen (secondary N) is 1. The first-order valence-corrected chi connectivity index (χ1v) is 7.54. The van der Waals surface area contributed by atoms with E-state index in [9.17, 15) is 13.2 Å². The SMILES string of the molecule is CCNS(=O)(=O)c1ccc2c(c1)N(CC)C(=O)CO2. The minimum absolute atomic E-state index is 0.0137. The fourth-order valence-electron chi connectivity index (χ4n) is 1.97. The Morgan fingerprint density at radius 2 is 2.11 bits per heavy atom. The molecule has 0 aliphatic carbocycles. The van der Waals surface area contributed by atoms with Crippen LogP contribution in [0.5, 0.6) is 5.75 Å². The number of anilines is 1. The van der Waals surface area contributed by atoms with Crippen LogP contribution in [-0.4, -0.2) is 34.0 Å². The van der Waals surface area contributed by atoms with Gasteiger partial charge < -0.3 is 9.64 Å². The molecule has 1 heterocycles. The van der Waals surface area contributed by atoms with Crippen molar-refractivity contribution < 1.29 is 17.9 Å². The van der Waals surface area contributed by atoms with Crippen LogP contribution in [0.2, 0.25) is 0 Å². The van der Waals surface area contributed by atoms with Crippen LogP contribution in [0.1, 0.15) is 13.8 Å². The number of likely N-dealkylation sites (N-methyl/N-ethyl adjacent to an activating group) is 1. The van der Waals surface area contributed by atoms with E-state index in [1.165, 1.54) is 17.0 Å². The molecule has 0 unspecified atom stereocenters. The number of rotatable bonds is 4. The molecule has 0 fully saturated rings. The number of carbonyl (C=O) groups excluding carboxylic acids is 1. The molecule has 1 aromatic carbocycles. The Bertz CT molecular complexity index is 598. The molecule has 1 aromatic rings. The number of hydrogen-bond donors (Lipinski definition) is 1. The lowest BCUT2D eigenvalue weighted by Gasteiger charge is -2.28. The Balaban J connectivity index is 2.48. The summed E-state index contributed by atoms with van der Waals surface area (Å²) < 4.78 is 31.6. The maximum atomic E-state index is 11.9. The standard InChI is InChI=1S/C12H16N2O4S/c1-3-13-19(16,17)9-5-6-11-10(7-9)14(4-2)12(15)8-18-11/h5-7,13H,3-4,8H2,1-2H3. The highest BCUT2D eigenvalue weighted by Crippen LogP contribution is 2.33. The number of ether oxygens (including phenoxy) is 1. The number of sulfonamides is 1. The number of amides is 1. The summed E-state index contributed by atoms with van der Waals surface area (Å²) in [5, 5.41) is 0. The summed E-state index contributed by atoms with van der Waals surface area (Å²) in [6.45, 7) is 4.31. The average Bonchev–Trinajstić information content (AvgIpc) is 2.38. The molecular weight excluding hydrogens is 268 g/mol. The van der Waals surface area contributed by atoms with E-state index in [4.69, 9.17) is 4.74 Å². The third-order valence-corrected chi connectivity index (χ3v) is 4.38. The van der Waals surface area contributed by atoms with Crippen molar-refractivity contribution in [2.24, 2.45) is 0 Å². The molecule has 1 aliphatic heterocycles. The Morgan fingerprint density at radius 3 is 2.74 bits per heavy atom. The zero-order valence-electron chi connectivity index (χ0n) is 10.8. The van der Waals surface area contributed by atoms with E-state index in [-0.39, 0.29) is 17.4 Å². The van der Waals surface area contributed by atoms with Crippen molar-refractivity contribution >= 4 is 21.6 Å². The molecule has 104 valence electrons. The summed E-state index contributed by atoms with van der Waals surface area (Å²) in [6.07, 6.45) is 0. The Morgan fingerprint density at radius 1 is 1.37 bits per heavy atom. The second-order valence-electron chi connectivity index (χ2n) is 4.06. The monoisotopic (exact) mass is 284 g/mol. The maximum Gasteiger partial charge on any atom is 0.265 e. The lowest BCUT2D eigenvalue weighted by Crippen LogP contribution is -2.38. The zero-order valence-corrected chi connectivity index (χ0v) is 11.7. The van der Waals surface area contributed by atoms with Crippen LogP contribution in [0.15, 0.2) is 23.1 Å². The first-order valence-electron chi connectivity index (χ1n) is 6.06. The van der Waals surface area contributed by atoms with E-state index in [1.807, 2.05) is 6.92 Å². The fourth-order valence-corrected chi connectivity index (χ4v) is 3.03. The smallest absolute Gasteiger partial charge is 0.265 e.